The molecule has 3 fully saturated rings. The predicted octanol–water partition coefficient (Wildman–Crippen LogP) is 3.76. The van der Waals surface area contributed by atoms with E-state index in [1.165, 1.54) is 30.4 Å². The van der Waals surface area contributed by atoms with Crippen LogP contribution in [0.1, 0.15) is 48.8 Å². The number of hydrogen-bond acceptors (Lipinski definition) is 3. The molecule has 1 saturated carbocycles. The van der Waals surface area contributed by atoms with E-state index in [2.05, 4.69) is 40.0 Å². The molecule has 1 aromatic carbocycles. The molecule has 1 spiro atoms. The van der Waals surface area contributed by atoms with Crippen LogP contribution in [0.25, 0.3) is 6.08 Å². The average molecular weight is 484 g/mol. The maximum Gasteiger partial charge on any atom is 0.402 e. The SMILES string of the molecule is O=S1(=O)N[C@]2(CN1CC(F)(F)F)C1CC[C@@H]2Cc2cc(/C=C/CN3CCCCC3)ccc2C1. The Morgan fingerprint density at radius 2 is 1.76 bits per heavy atom. The van der Waals surface area contributed by atoms with Gasteiger partial charge in [0.1, 0.15) is 6.54 Å². The highest BCUT2D eigenvalue weighted by Crippen LogP contribution is 2.50. The van der Waals surface area contributed by atoms with Gasteiger partial charge in [-0.25, -0.2) is 0 Å². The van der Waals surface area contributed by atoms with E-state index in [1.54, 1.807) is 0 Å². The van der Waals surface area contributed by atoms with Gasteiger partial charge in [0.25, 0.3) is 10.2 Å². The van der Waals surface area contributed by atoms with Gasteiger partial charge in [0.15, 0.2) is 0 Å². The number of hydrogen-bond donors (Lipinski definition) is 1. The number of fused-ring (bicyclic) bond motifs is 1. The van der Waals surface area contributed by atoms with Crippen LogP contribution in [0.4, 0.5) is 13.2 Å². The molecule has 0 aromatic heterocycles. The van der Waals surface area contributed by atoms with Gasteiger partial charge in [0, 0.05) is 13.1 Å². The monoisotopic (exact) mass is 483 g/mol. The second-order valence-electron chi connectivity index (χ2n) is 10.2. The Labute approximate surface area is 194 Å². The molecule has 33 heavy (non-hydrogen) atoms. The molecule has 2 aliphatic carbocycles. The second-order valence-corrected chi connectivity index (χ2v) is 11.9. The Morgan fingerprint density at radius 1 is 1.06 bits per heavy atom. The largest absolute Gasteiger partial charge is 0.402 e. The van der Waals surface area contributed by atoms with E-state index < -0.39 is 28.5 Å². The van der Waals surface area contributed by atoms with Crippen LogP contribution in [0.2, 0.25) is 0 Å². The number of piperidine rings is 1. The van der Waals surface area contributed by atoms with Crippen LogP contribution in [0.5, 0.6) is 0 Å². The van der Waals surface area contributed by atoms with Crippen LogP contribution in [0, 0.1) is 11.8 Å². The zero-order valence-electron chi connectivity index (χ0n) is 18.8. The molecule has 0 amide bonds. The van der Waals surface area contributed by atoms with Crippen LogP contribution in [-0.4, -0.2) is 62.1 Å². The highest BCUT2D eigenvalue weighted by molar-refractivity contribution is 7.87. The minimum Gasteiger partial charge on any atom is -0.300 e. The zero-order chi connectivity index (χ0) is 23.3. The third-order valence-electron chi connectivity index (χ3n) is 8.06. The first-order valence-corrected chi connectivity index (χ1v) is 13.5. The Hall–Kier alpha value is -1.42. The summed E-state index contributed by atoms with van der Waals surface area (Å²) in [5.41, 5.74) is 2.72. The molecule has 1 unspecified atom stereocenters. The summed E-state index contributed by atoms with van der Waals surface area (Å²) in [4.78, 5) is 2.46. The second kappa shape index (κ2) is 8.66. The Morgan fingerprint density at radius 3 is 2.45 bits per heavy atom. The molecule has 182 valence electrons. The zero-order valence-corrected chi connectivity index (χ0v) is 19.6. The van der Waals surface area contributed by atoms with Crippen molar-refractivity contribution in [3.63, 3.8) is 0 Å². The summed E-state index contributed by atoms with van der Waals surface area (Å²) in [6, 6.07) is 6.42. The van der Waals surface area contributed by atoms with Crippen LogP contribution < -0.4 is 4.72 Å². The highest BCUT2D eigenvalue weighted by Gasteiger charge is 2.60. The van der Waals surface area contributed by atoms with Gasteiger partial charge in [0.05, 0.1) is 5.54 Å². The number of likely N-dealkylation sites (tertiary alicyclic amines) is 1. The molecule has 9 heteroatoms. The molecule has 1 N–H and O–H groups in total. The number of nitrogens with zero attached hydrogens (tertiary/aromatic N) is 2. The van der Waals surface area contributed by atoms with Gasteiger partial charge in [-0.1, -0.05) is 36.8 Å². The van der Waals surface area contributed by atoms with E-state index in [1.807, 2.05) is 0 Å². The van der Waals surface area contributed by atoms with Gasteiger partial charge in [0.2, 0.25) is 0 Å². The van der Waals surface area contributed by atoms with Crippen molar-refractivity contribution in [2.45, 2.75) is 56.7 Å². The minimum atomic E-state index is -4.55. The number of alkyl halides is 3. The lowest BCUT2D eigenvalue weighted by atomic mass is 9.79. The van der Waals surface area contributed by atoms with Crippen molar-refractivity contribution >= 4 is 16.3 Å². The number of rotatable bonds is 4. The molecule has 5 rings (SSSR count). The fourth-order valence-electron chi connectivity index (χ4n) is 6.45. The predicted molar refractivity (Wildman–Crippen MR) is 122 cm³/mol. The third-order valence-corrected chi connectivity index (χ3v) is 9.63. The van der Waals surface area contributed by atoms with Gasteiger partial charge in [-0.05, 0) is 80.1 Å². The summed E-state index contributed by atoms with van der Waals surface area (Å²) < 4.78 is 67.7. The first-order valence-electron chi connectivity index (χ1n) is 12.0. The van der Waals surface area contributed by atoms with Crippen LogP contribution in [0.3, 0.4) is 0 Å². The van der Waals surface area contributed by atoms with Crippen molar-refractivity contribution in [1.82, 2.24) is 13.9 Å². The molecular weight excluding hydrogens is 451 g/mol. The van der Waals surface area contributed by atoms with Crippen LogP contribution in [-0.2, 0) is 23.1 Å². The van der Waals surface area contributed by atoms with Crippen LogP contribution >= 0.6 is 0 Å². The first-order chi connectivity index (χ1) is 15.6. The summed E-state index contributed by atoms with van der Waals surface area (Å²) in [5, 5.41) is 0. The molecular formula is C24H32F3N3O2S. The summed E-state index contributed by atoms with van der Waals surface area (Å²) in [6.07, 6.45) is 6.72. The van der Waals surface area contributed by atoms with Gasteiger partial charge in [-0.2, -0.15) is 30.6 Å². The van der Waals surface area contributed by atoms with Crippen molar-refractivity contribution in [2.24, 2.45) is 11.8 Å². The molecule has 2 aliphatic heterocycles. The summed E-state index contributed by atoms with van der Waals surface area (Å²) in [7, 11) is -4.14. The molecule has 2 saturated heterocycles. The lowest BCUT2D eigenvalue weighted by Gasteiger charge is -2.33. The Balaban J connectivity index is 1.34. The minimum absolute atomic E-state index is 0.00402. The smallest absolute Gasteiger partial charge is 0.300 e. The van der Waals surface area contributed by atoms with E-state index in [0.29, 0.717) is 17.1 Å². The molecule has 1 aromatic rings. The van der Waals surface area contributed by atoms with E-state index in [0.717, 1.165) is 38.0 Å². The lowest BCUT2D eigenvalue weighted by Crippen LogP contribution is -2.52. The molecule has 3 atom stereocenters. The van der Waals surface area contributed by atoms with Gasteiger partial charge in [-0.3, -0.25) is 4.90 Å². The number of benzene rings is 1. The quantitative estimate of drug-likeness (QED) is 0.710. The van der Waals surface area contributed by atoms with E-state index in [-0.39, 0.29) is 18.4 Å². The maximum absolute atomic E-state index is 13.0. The van der Waals surface area contributed by atoms with Gasteiger partial charge in [-0.15, -0.1) is 0 Å². The summed E-state index contributed by atoms with van der Waals surface area (Å²) in [6.45, 7) is 1.73. The van der Waals surface area contributed by atoms with E-state index >= 15 is 0 Å². The van der Waals surface area contributed by atoms with Crippen molar-refractivity contribution in [1.29, 1.82) is 0 Å². The standard InChI is InChI=1S/C24H32F3N3O2S/c25-24(26,27)17-30-16-23(28-33(30,31)32)21-8-9-22(23)15-20-13-18(6-7-19(20)14-21)5-4-12-29-10-2-1-3-11-29/h4-7,13,21-22,28H,1-3,8-12,14-17H2/b5-4+/t21?,22-,23-/m1/s1. The van der Waals surface area contributed by atoms with E-state index in [9.17, 15) is 21.6 Å². The fraction of sp³-hybridized carbons (Fsp3) is 0.667. The highest BCUT2D eigenvalue weighted by atomic mass is 32.2. The summed E-state index contributed by atoms with van der Waals surface area (Å²) >= 11 is 0. The maximum atomic E-state index is 13.0. The normalized spacial score (nSPS) is 32.5. The molecule has 4 aliphatic rings. The third kappa shape index (κ3) is 4.74. The topological polar surface area (TPSA) is 52.7 Å². The van der Waals surface area contributed by atoms with E-state index in [4.69, 9.17) is 0 Å². The summed E-state index contributed by atoms with van der Waals surface area (Å²) in [5.74, 6) is 0.0154. The number of nitrogens with one attached hydrogen (secondary N) is 1. The van der Waals surface area contributed by atoms with Gasteiger partial charge < -0.3 is 0 Å². The molecule has 2 bridgehead atoms. The number of halogens is 3. The molecule has 0 radical (unpaired) electrons. The first kappa shape index (κ1) is 23.3. The van der Waals surface area contributed by atoms with Crippen molar-refractivity contribution in [3.8, 4) is 0 Å². The van der Waals surface area contributed by atoms with Crippen LogP contribution in [0.15, 0.2) is 24.3 Å². The average Bonchev–Trinajstić information content (AvgIpc) is 3.12. The Kier molecular flexibility index (Phi) is 6.12. The molecule has 2 heterocycles. The van der Waals surface area contributed by atoms with Crippen molar-refractivity contribution < 1.29 is 21.6 Å². The van der Waals surface area contributed by atoms with Crippen molar-refractivity contribution in [2.75, 3.05) is 32.7 Å². The molecule has 5 nitrogen and oxygen atoms in total. The fourth-order valence-corrected chi connectivity index (χ4v) is 8.16. The lowest BCUT2D eigenvalue weighted by molar-refractivity contribution is -0.136. The Bertz CT molecular complexity index is 1020. The van der Waals surface area contributed by atoms with Crippen molar-refractivity contribution in [3.05, 3.63) is 41.0 Å². The van der Waals surface area contributed by atoms with Gasteiger partial charge >= 0.3 is 6.18 Å².